The van der Waals surface area contributed by atoms with E-state index in [9.17, 15) is 0 Å². The molecule has 458 valence electrons. The summed E-state index contributed by atoms with van der Waals surface area (Å²) in [4.78, 5) is 10.2. The fourth-order valence-electron chi connectivity index (χ4n) is 17.8. The summed E-state index contributed by atoms with van der Waals surface area (Å²) in [6.45, 7) is -0.294. The molecule has 0 bridgehead atoms. The third-order valence-electron chi connectivity index (χ3n) is 21.7. The number of nitrogens with zero attached hydrogens (tertiary/aromatic N) is 7. The first-order chi connectivity index (χ1) is 49.2. The van der Waals surface area contributed by atoms with Gasteiger partial charge in [-0.15, -0.1) is 0 Å². The second-order valence-electron chi connectivity index (χ2n) is 26.7. The van der Waals surface area contributed by atoms with Gasteiger partial charge in [-0.2, -0.15) is 0 Å². The molecule has 4 aliphatic heterocycles. The van der Waals surface area contributed by atoms with Crippen molar-refractivity contribution in [3.63, 3.8) is 0 Å². The molecule has 0 saturated carbocycles. The van der Waals surface area contributed by atoms with Gasteiger partial charge in [0.05, 0.1) is 44.5 Å². The largest absolute Gasteiger partial charge is 0.311 e. The summed E-state index contributed by atoms with van der Waals surface area (Å²) in [5.74, 6) is 0. The van der Waals surface area contributed by atoms with Gasteiger partial charge >= 0.3 is 0 Å². The first-order valence-electron chi connectivity index (χ1n) is 34.3. The Morgan fingerprint density at radius 3 is 0.758 bits per heavy atom. The van der Waals surface area contributed by atoms with Gasteiger partial charge in [0.15, 0.2) is 0 Å². The van der Waals surface area contributed by atoms with E-state index in [2.05, 4.69) is 379 Å². The highest BCUT2D eigenvalue weighted by Gasteiger charge is 2.47. The number of anilines is 12. The van der Waals surface area contributed by atoms with Crippen molar-refractivity contribution >= 4 is 180 Å². The van der Waals surface area contributed by atoms with Crippen LogP contribution >= 0.6 is 0 Å². The van der Waals surface area contributed by atoms with Crippen molar-refractivity contribution in [1.82, 2.24) is 13.7 Å². The molecule has 0 unspecified atom stereocenters. The molecule has 18 aromatic rings. The quantitative estimate of drug-likeness (QED) is 0.149. The van der Waals surface area contributed by atoms with Crippen LogP contribution in [-0.2, 0) is 0 Å². The molecule has 99 heavy (non-hydrogen) atoms. The van der Waals surface area contributed by atoms with Gasteiger partial charge < -0.3 is 33.3 Å². The number of rotatable bonds is 7. The smallest absolute Gasteiger partial charge is 0.252 e. The standard InChI is InChI=1S/C90H57B2N7/c1-6-28-58(29-7-1)93-79-48-26-20-42-71(79)91-73-54-69-70-55-74-84(57-82(70)95(60-32-10-3-11-33-60)81(69)56-83(73)96(61-34-12-4-13-35-61)87-52-63(50-85(93)89(87)91)98-75-44-22-16-38-65(75)66-39-17-23-45-76(66)98)97(62-36-14-5-15-37-62)88-53-64(99-77-46-24-18-40-67(77)68-41-19-25-47-78(68)99)51-86-90(88)92(74)72-43-21-27-49-80(72)94(86)59-30-8-2-9-31-59/h1-57H. The molecule has 15 aromatic carbocycles. The minimum absolute atomic E-state index is 0.147. The fourth-order valence-corrected chi connectivity index (χ4v) is 17.8. The van der Waals surface area contributed by atoms with E-state index in [1.807, 2.05) is 0 Å². The molecule has 7 heterocycles. The van der Waals surface area contributed by atoms with Crippen molar-refractivity contribution in [2.75, 3.05) is 19.6 Å². The van der Waals surface area contributed by atoms with Crippen LogP contribution in [0.1, 0.15) is 0 Å². The SMILES string of the molecule is c1ccc(N2c3ccccc3B3c4cc5c6cc7c(cc6n(-c6ccccc6)c5cc4N(c4ccccc4)c4cc(-n5c6ccccc6c6ccccc65)cc2c43)N(c2ccccc2)c2cc(-n3c4ccccc4c4ccccc43)cc3c2B7c2ccccc2N3c2ccccc2)cc1. The molecule has 0 atom stereocenters. The molecule has 4 aliphatic rings. The van der Waals surface area contributed by atoms with Crippen LogP contribution in [0, 0.1) is 0 Å². The Bertz CT molecular complexity index is 5930. The zero-order valence-corrected chi connectivity index (χ0v) is 53.7. The Kier molecular flexibility index (Phi) is 11.4. The monoisotopic (exact) mass is 1260 g/mol. The van der Waals surface area contributed by atoms with Gasteiger partial charge in [-0.3, -0.25) is 0 Å². The number of hydrogen-bond acceptors (Lipinski definition) is 4. The third-order valence-corrected chi connectivity index (χ3v) is 21.7. The van der Waals surface area contributed by atoms with Crippen LogP contribution in [0.3, 0.4) is 0 Å². The predicted octanol–water partition coefficient (Wildman–Crippen LogP) is 19.1. The van der Waals surface area contributed by atoms with Crippen molar-refractivity contribution in [2.45, 2.75) is 0 Å². The lowest BCUT2D eigenvalue weighted by molar-refractivity contribution is 1.16. The molecule has 0 radical (unpaired) electrons. The van der Waals surface area contributed by atoms with Gasteiger partial charge in [0.1, 0.15) is 0 Å². The summed E-state index contributed by atoms with van der Waals surface area (Å²) in [5, 5.41) is 7.32. The van der Waals surface area contributed by atoms with E-state index in [-0.39, 0.29) is 13.4 Å². The average Bonchev–Trinajstić information content (AvgIpc) is 1.01. The summed E-state index contributed by atoms with van der Waals surface area (Å²) >= 11 is 0. The van der Waals surface area contributed by atoms with Crippen LogP contribution in [0.2, 0.25) is 0 Å². The lowest BCUT2D eigenvalue weighted by Crippen LogP contribution is -2.61. The zero-order valence-electron chi connectivity index (χ0n) is 53.7. The Hall–Kier alpha value is -13.0. The van der Waals surface area contributed by atoms with Gasteiger partial charge in [-0.1, -0.05) is 212 Å². The van der Waals surface area contributed by atoms with Gasteiger partial charge in [-0.25, -0.2) is 0 Å². The van der Waals surface area contributed by atoms with E-state index < -0.39 is 0 Å². The van der Waals surface area contributed by atoms with E-state index in [1.54, 1.807) is 0 Å². The highest BCUT2D eigenvalue weighted by molar-refractivity contribution is 7.01. The topological polar surface area (TPSA) is 27.8 Å². The highest BCUT2D eigenvalue weighted by atomic mass is 15.2. The van der Waals surface area contributed by atoms with Crippen LogP contribution in [0.25, 0.3) is 82.5 Å². The molecule has 0 spiro atoms. The van der Waals surface area contributed by atoms with Crippen LogP contribution in [0.5, 0.6) is 0 Å². The molecule has 0 N–H and O–H groups in total. The first-order valence-corrected chi connectivity index (χ1v) is 34.3. The molecular weight excluding hydrogens is 1200 g/mol. The summed E-state index contributed by atoms with van der Waals surface area (Å²) in [7, 11) is 0. The van der Waals surface area contributed by atoms with Crippen molar-refractivity contribution in [3.05, 3.63) is 346 Å². The van der Waals surface area contributed by atoms with Crippen molar-refractivity contribution in [1.29, 1.82) is 0 Å². The second-order valence-corrected chi connectivity index (χ2v) is 26.7. The Morgan fingerprint density at radius 1 is 0.162 bits per heavy atom. The molecule has 3 aromatic heterocycles. The van der Waals surface area contributed by atoms with Crippen LogP contribution in [0.15, 0.2) is 346 Å². The number of hydrogen-bond donors (Lipinski definition) is 0. The molecule has 0 saturated heterocycles. The van der Waals surface area contributed by atoms with Crippen LogP contribution in [-0.4, -0.2) is 27.1 Å². The minimum atomic E-state index is -0.147. The molecule has 0 amide bonds. The summed E-state index contributed by atoms with van der Waals surface area (Å²) < 4.78 is 7.54. The minimum Gasteiger partial charge on any atom is -0.311 e. The zero-order chi connectivity index (χ0) is 64.6. The normalized spacial score (nSPS) is 13.3. The highest BCUT2D eigenvalue weighted by Crippen LogP contribution is 2.51. The van der Waals surface area contributed by atoms with E-state index >= 15 is 0 Å². The van der Waals surface area contributed by atoms with Crippen LogP contribution < -0.4 is 52.4 Å². The summed E-state index contributed by atoms with van der Waals surface area (Å²) in [6.07, 6.45) is 0. The summed E-state index contributed by atoms with van der Waals surface area (Å²) in [6, 6.07) is 129. The maximum atomic E-state index is 2.60. The Labute approximate surface area is 572 Å². The molecule has 7 nitrogen and oxygen atoms in total. The van der Waals surface area contributed by atoms with Crippen molar-refractivity contribution in [3.8, 4) is 17.1 Å². The lowest BCUT2D eigenvalue weighted by Gasteiger charge is -2.44. The van der Waals surface area contributed by atoms with Gasteiger partial charge in [-0.05, 0) is 166 Å². The summed E-state index contributed by atoms with van der Waals surface area (Å²) in [5.41, 5.74) is 31.5. The Morgan fingerprint density at radius 2 is 0.424 bits per heavy atom. The third kappa shape index (κ3) is 7.64. The van der Waals surface area contributed by atoms with Gasteiger partial charge in [0.2, 0.25) is 0 Å². The average molecular weight is 1260 g/mol. The molecule has 22 rings (SSSR count). The predicted molar refractivity (Wildman–Crippen MR) is 418 cm³/mol. The fraction of sp³-hybridized carbons (Fsp3) is 0. The van der Waals surface area contributed by atoms with Crippen molar-refractivity contribution < 1.29 is 0 Å². The number of aromatic nitrogens is 3. The number of fused-ring (bicyclic) bond motifs is 17. The van der Waals surface area contributed by atoms with Crippen molar-refractivity contribution in [2.24, 2.45) is 0 Å². The maximum absolute atomic E-state index is 2.60. The van der Waals surface area contributed by atoms with E-state index in [0.717, 1.165) is 85.0 Å². The maximum Gasteiger partial charge on any atom is 0.252 e. The molecule has 0 aliphatic carbocycles. The van der Waals surface area contributed by atoms with E-state index in [4.69, 9.17) is 0 Å². The molecule has 0 fully saturated rings. The number of benzene rings is 15. The molecule has 9 heteroatoms. The first kappa shape index (κ1) is 54.3. The van der Waals surface area contributed by atoms with Gasteiger partial charge in [0.25, 0.3) is 13.4 Å². The van der Waals surface area contributed by atoms with E-state index in [1.165, 1.54) is 98.5 Å². The van der Waals surface area contributed by atoms with Gasteiger partial charge in [0, 0.05) is 106 Å². The molecular formula is C90H57B2N7. The Balaban J connectivity index is 0.862. The lowest BCUT2D eigenvalue weighted by atomic mass is 9.33. The van der Waals surface area contributed by atoms with Crippen LogP contribution in [0.4, 0.5) is 68.2 Å². The second kappa shape index (κ2) is 20.8. The van der Waals surface area contributed by atoms with E-state index in [0.29, 0.717) is 0 Å². The number of para-hydroxylation sites is 11.